The minimum Gasteiger partial charge on any atom is -0.406 e. The molecule has 9 rings (SSSR count). The van der Waals surface area contributed by atoms with E-state index >= 15 is 0 Å². The fraction of sp³-hybridized carbons (Fsp3) is 0.0816. The van der Waals surface area contributed by atoms with Crippen molar-refractivity contribution in [2.45, 2.75) is 18.5 Å². The molecule has 63 heavy (non-hydrogen) atoms. The fourth-order valence-corrected chi connectivity index (χ4v) is 13.4. The van der Waals surface area contributed by atoms with E-state index in [-0.39, 0.29) is 34.2 Å². The molecule has 2 aliphatic heterocycles. The molecule has 7 aromatic rings. The third-order valence-corrected chi connectivity index (χ3v) is 16.3. The molecule has 312 valence electrons. The predicted molar refractivity (Wildman–Crippen MR) is 233 cm³/mol. The summed E-state index contributed by atoms with van der Waals surface area (Å²) in [5.74, 6) is 0.145. The van der Waals surface area contributed by atoms with Crippen LogP contribution in [0.25, 0.3) is 27.5 Å². The smallest absolute Gasteiger partial charge is 0.406 e. The largest absolute Gasteiger partial charge is 0.417 e. The molecular weight excluding hydrogens is 840 g/mol. The van der Waals surface area contributed by atoms with Crippen molar-refractivity contribution in [1.82, 2.24) is 4.81 Å². The third-order valence-electron chi connectivity index (χ3n) is 11.5. The Balaban J connectivity index is 1.20. The van der Waals surface area contributed by atoms with Crippen LogP contribution in [0.3, 0.4) is 0 Å². The molecule has 14 heteroatoms. The lowest BCUT2D eigenvalue weighted by molar-refractivity contribution is -0.142. The molecule has 0 saturated heterocycles. The van der Waals surface area contributed by atoms with Gasteiger partial charge in [-0.15, -0.1) is 0 Å². The lowest BCUT2D eigenvalue weighted by Gasteiger charge is -2.34. The fourth-order valence-electron chi connectivity index (χ4n) is 8.69. The number of halogens is 9. The zero-order valence-electron chi connectivity index (χ0n) is 32.7. The summed E-state index contributed by atoms with van der Waals surface area (Å²) in [5.41, 5.74) is -2.94. The molecule has 0 saturated carbocycles. The van der Waals surface area contributed by atoms with Crippen LogP contribution >= 0.6 is 0 Å². The normalized spacial score (nSPS) is 15.2. The van der Waals surface area contributed by atoms with Crippen molar-refractivity contribution in [3.8, 4) is 11.1 Å². The zero-order valence-corrected chi connectivity index (χ0v) is 33.7. The molecular formula is C49H31BF9N3Si. The first-order valence-electron chi connectivity index (χ1n) is 19.6. The van der Waals surface area contributed by atoms with E-state index in [1.165, 1.54) is 12.1 Å². The molecule has 1 N–H and O–H groups in total. The Morgan fingerprint density at radius 2 is 1.10 bits per heavy atom. The Morgan fingerprint density at radius 1 is 0.540 bits per heavy atom. The second-order valence-corrected chi connectivity index (χ2v) is 19.0. The molecule has 0 aliphatic carbocycles. The van der Waals surface area contributed by atoms with E-state index in [2.05, 4.69) is 41.7 Å². The van der Waals surface area contributed by atoms with Crippen LogP contribution in [0.2, 0.25) is 0 Å². The molecule has 2 aliphatic rings. The Morgan fingerprint density at radius 3 is 1.63 bits per heavy atom. The van der Waals surface area contributed by atoms with Crippen LogP contribution in [0.5, 0.6) is 0 Å². The first kappa shape index (κ1) is 41.5. The topological polar surface area (TPSA) is 27.6 Å². The quantitative estimate of drug-likeness (QED) is 0.0982. The molecule has 2 radical (unpaired) electrons. The average molecular weight is 872 g/mol. The van der Waals surface area contributed by atoms with E-state index in [1.54, 1.807) is 30.3 Å². The summed E-state index contributed by atoms with van der Waals surface area (Å²) in [5, 5.41) is 8.13. The number of nitrogens with one attached hydrogen (secondary N) is 1. The van der Waals surface area contributed by atoms with E-state index in [1.807, 2.05) is 66.7 Å². The Labute approximate surface area is 358 Å². The number of nitrogens with zero attached hydrogens (tertiary/aromatic N) is 2. The monoisotopic (exact) mass is 871 g/mol. The minimum absolute atomic E-state index is 0.0110. The summed E-state index contributed by atoms with van der Waals surface area (Å²) in [6.07, 6.45) is -13.8. The predicted octanol–water partition coefficient (Wildman–Crippen LogP) is 10.4. The number of hydrogen-bond donors (Lipinski definition) is 1. The van der Waals surface area contributed by atoms with Crippen molar-refractivity contribution < 1.29 is 39.5 Å². The Kier molecular flexibility index (Phi) is 10.2. The van der Waals surface area contributed by atoms with Gasteiger partial charge in [-0.05, 0) is 67.1 Å². The van der Waals surface area contributed by atoms with E-state index in [0.29, 0.717) is 28.3 Å². The number of rotatable bonds is 7. The van der Waals surface area contributed by atoms with Gasteiger partial charge in [0.2, 0.25) is 7.98 Å². The maximum atomic E-state index is 14.5. The SMILES string of the molecule is [B]N1CC(C(F)(F)F)=CC(c2ccc([Si](c3ccccc3)(c3ccccc3)c3ccccc3)cc2)=C1N=C1Nc2ccc(-c3ccc(C(F)(F)F)cc3C(F)(F)F)c3cccc1c23. The summed E-state index contributed by atoms with van der Waals surface area (Å²) >= 11 is 0. The molecule has 0 spiro atoms. The molecule has 0 bridgehead atoms. The van der Waals surface area contributed by atoms with Gasteiger partial charge in [0, 0.05) is 28.8 Å². The van der Waals surface area contributed by atoms with Crippen molar-refractivity contribution in [3.05, 3.63) is 204 Å². The highest BCUT2D eigenvalue weighted by Gasteiger charge is 2.43. The number of anilines is 1. The second kappa shape index (κ2) is 15.5. The highest BCUT2D eigenvalue weighted by molar-refractivity contribution is 7.19. The third kappa shape index (κ3) is 7.41. The number of hydrogen-bond acceptors (Lipinski definition) is 2. The van der Waals surface area contributed by atoms with Crippen LogP contribution < -0.4 is 26.1 Å². The van der Waals surface area contributed by atoms with Crippen molar-refractivity contribution >= 4 is 64.7 Å². The zero-order chi connectivity index (χ0) is 44.3. The van der Waals surface area contributed by atoms with Crippen molar-refractivity contribution in [1.29, 1.82) is 0 Å². The van der Waals surface area contributed by atoms with Crippen molar-refractivity contribution in [2.24, 2.45) is 4.99 Å². The molecule has 2 heterocycles. The van der Waals surface area contributed by atoms with Crippen LogP contribution in [0, 0.1) is 0 Å². The van der Waals surface area contributed by atoms with Crippen LogP contribution in [0.4, 0.5) is 45.2 Å². The summed E-state index contributed by atoms with van der Waals surface area (Å²) in [6.45, 7) is -0.724. The number of amidine groups is 1. The van der Waals surface area contributed by atoms with Gasteiger partial charge in [0.05, 0.1) is 16.7 Å². The summed E-state index contributed by atoms with van der Waals surface area (Å²) in [4.78, 5) is 5.73. The molecule has 0 atom stereocenters. The minimum atomic E-state index is -5.12. The van der Waals surface area contributed by atoms with Crippen LogP contribution in [-0.4, -0.2) is 39.4 Å². The summed E-state index contributed by atoms with van der Waals surface area (Å²) < 4.78 is 127. The van der Waals surface area contributed by atoms with Crippen molar-refractivity contribution in [3.63, 3.8) is 0 Å². The van der Waals surface area contributed by atoms with E-state index in [9.17, 15) is 39.5 Å². The van der Waals surface area contributed by atoms with Gasteiger partial charge >= 0.3 is 18.5 Å². The van der Waals surface area contributed by atoms with Crippen LogP contribution in [0.1, 0.15) is 22.3 Å². The Hall–Kier alpha value is -6.80. The molecule has 0 unspecified atom stereocenters. The lowest BCUT2D eigenvalue weighted by atomic mass is 9.91. The number of alkyl halides is 9. The van der Waals surface area contributed by atoms with Gasteiger partial charge in [0.1, 0.15) is 11.7 Å². The van der Waals surface area contributed by atoms with Gasteiger partial charge in [-0.1, -0.05) is 146 Å². The van der Waals surface area contributed by atoms with Crippen molar-refractivity contribution in [2.75, 3.05) is 11.9 Å². The maximum absolute atomic E-state index is 14.5. The molecule has 3 nitrogen and oxygen atoms in total. The van der Waals surface area contributed by atoms with Crippen LogP contribution in [-0.2, 0) is 12.4 Å². The highest BCUT2D eigenvalue weighted by Crippen LogP contribution is 2.46. The Bertz CT molecular complexity index is 2870. The van der Waals surface area contributed by atoms with E-state index in [0.717, 1.165) is 37.7 Å². The molecule has 0 fully saturated rings. The van der Waals surface area contributed by atoms with Gasteiger partial charge in [-0.25, -0.2) is 4.99 Å². The van der Waals surface area contributed by atoms with Gasteiger partial charge in [-0.3, -0.25) is 0 Å². The average Bonchev–Trinajstić information content (AvgIpc) is 3.63. The van der Waals surface area contributed by atoms with E-state index in [4.69, 9.17) is 13.0 Å². The highest BCUT2D eigenvalue weighted by atomic mass is 28.3. The van der Waals surface area contributed by atoms with Gasteiger partial charge < -0.3 is 10.1 Å². The standard InChI is InChI=1S/C49H31BF9N3Si/c50-62-29-32(48(54,55)56)27-41(30-19-22-36(23-20-30)63(33-11-4-1-5-12-33,34-13-6-2-7-14-34)35-15-8-3-9-16-35)46(62)61-45-40-18-10-17-39-37(25-26-43(60-45)44(39)40)38-24-21-31(47(51,52)53)28-42(38)49(57,58)59/h1-28H,29H2,(H,60,61). The number of allylic oxidation sites excluding steroid dienone is 2. The lowest BCUT2D eigenvalue weighted by Crippen LogP contribution is -2.74. The van der Waals surface area contributed by atoms with Gasteiger partial charge in [-0.2, -0.15) is 39.5 Å². The molecule has 0 aromatic heterocycles. The van der Waals surface area contributed by atoms with E-state index < -0.39 is 55.4 Å². The maximum Gasteiger partial charge on any atom is 0.417 e. The van der Waals surface area contributed by atoms with Gasteiger partial charge in [0.25, 0.3) is 0 Å². The first-order chi connectivity index (χ1) is 30.0. The number of benzene rings is 7. The second-order valence-electron chi connectivity index (χ2n) is 15.2. The molecule has 7 aromatic carbocycles. The summed E-state index contributed by atoms with van der Waals surface area (Å²) in [7, 11) is 3.43. The molecule has 0 amide bonds. The van der Waals surface area contributed by atoms with Crippen LogP contribution in [0.15, 0.2) is 186 Å². The number of aliphatic imine (C=N–C) groups is 1. The van der Waals surface area contributed by atoms with Gasteiger partial charge in [0.15, 0.2) is 8.07 Å². The first-order valence-corrected chi connectivity index (χ1v) is 21.6. The summed E-state index contributed by atoms with van der Waals surface area (Å²) in [6, 6.07) is 46.8.